The highest BCUT2D eigenvalue weighted by molar-refractivity contribution is 7.91. The molecule has 2 rings (SSSR count). The molecular weight excluding hydrogens is 279 g/mol. The molecule has 0 N–H and O–H groups in total. The lowest BCUT2D eigenvalue weighted by molar-refractivity contribution is 0.512. The molecule has 0 aliphatic rings. The van der Waals surface area contributed by atoms with E-state index in [0.717, 1.165) is 10.9 Å². The first-order chi connectivity index (χ1) is 8.99. The van der Waals surface area contributed by atoms with Crippen LogP contribution in [-0.2, 0) is 14.1 Å². The van der Waals surface area contributed by atoms with E-state index in [4.69, 9.17) is 3.97 Å². The van der Waals surface area contributed by atoms with Crippen LogP contribution in [0.1, 0.15) is 5.56 Å². The van der Waals surface area contributed by atoms with Crippen LogP contribution in [0, 0.1) is 6.92 Å². The molecule has 0 aliphatic carbocycles. The molecule has 2 aromatic rings. The predicted octanol–water partition coefficient (Wildman–Crippen LogP) is 3.05. The SMILES string of the molecule is Cc1ccc(S(=O)(=O)OP(C)c2ccccc2)cc1. The Bertz CT molecular complexity index is 636. The van der Waals surface area contributed by atoms with Crippen molar-refractivity contribution < 1.29 is 12.4 Å². The fraction of sp³-hybridized carbons (Fsp3) is 0.143. The number of rotatable bonds is 4. The van der Waals surface area contributed by atoms with Crippen molar-refractivity contribution in [1.82, 2.24) is 0 Å². The van der Waals surface area contributed by atoms with Gasteiger partial charge in [-0.2, -0.15) is 8.42 Å². The average Bonchev–Trinajstić information content (AvgIpc) is 2.40. The number of aryl methyl sites for hydroxylation is 1. The Morgan fingerprint density at radius 3 is 2.11 bits per heavy atom. The fourth-order valence-corrected chi connectivity index (χ4v) is 4.50. The van der Waals surface area contributed by atoms with E-state index in [1.54, 1.807) is 30.9 Å². The molecule has 0 fully saturated rings. The number of benzene rings is 2. The summed E-state index contributed by atoms with van der Waals surface area (Å²) in [4.78, 5) is 0.198. The van der Waals surface area contributed by atoms with Gasteiger partial charge in [-0.3, -0.25) is 0 Å². The maximum atomic E-state index is 12.1. The van der Waals surface area contributed by atoms with E-state index in [9.17, 15) is 8.42 Å². The van der Waals surface area contributed by atoms with Crippen molar-refractivity contribution in [3.8, 4) is 0 Å². The molecule has 5 heteroatoms. The highest BCUT2D eigenvalue weighted by atomic mass is 32.2. The molecule has 0 aliphatic heterocycles. The molecule has 100 valence electrons. The monoisotopic (exact) mass is 294 g/mol. The van der Waals surface area contributed by atoms with Gasteiger partial charge in [-0.1, -0.05) is 48.0 Å². The van der Waals surface area contributed by atoms with Crippen molar-refractivity contribution in [2.24, 2.45) is 0 Å². The Hall–Kier alpha value is -1.22. The van der Waals surface area contributed by atoms with Crippen LogP contribution in [0.25, 0.3) is 0 Å². The molecule has 19 heavy (non-hydrogen) atoms. The summed E-state index contributed by atoms with van der Waals surface area (Å²) in [5, 5.41) is 0.896. The third-order valence-corrected chi connectivity index (χ3v) is 6.19. The molecule has 0 heterocycles. The van der Waals surface area contributed by atoms with Crippen molar-refractivity contribution >= 4 is 23.6 Å². The lowest BCUT2D eigenvalue weighted by Crippen LogP contribution is -2.08. The summed E-state index contributed by atoms with van der Waals surface area (Å²) in [5.41, 5.74) is 1.01. The fourth-order valence-electron chi connectivity index (χ4n) is 1.58. The highest BCUT2D eigenvalue weighted by Crippen LogP contribution is 2.35. The van der Waals surface area contributed by atoms with Gasteiger partial charge in [0.25, 0.3) is 10.1 Å². The molecule has 0 saturated heterocycles. The Balaban J connectivity index is 2.20. The van der Waals surface area contributed by atoms with Crippen LogP contribution in [0.5, 0.6) is 0 Å². The minimum atomic E-state index is -3.70. The largest absolute Gasteiger partial charge is 0.300 e. The second kappa shape index (κ2) is 5.83. The maximum absolute atomic E-state index is 12.1. The van der Waals surface area contributed by atoms with Gasteiger partial charge in [0.15, 0.2) is 0 Å². The lowest BCUT2D eigenvalue weighted by atomic mass is 10.2. The van der Waals surface area contributed by atoms with Gasteiger partial charge in [0.05, 0.1) is 13.0 Å². The molecule has 0 amide bonds. The standard InChI is InChI=1S/C14H15O3PS/c1-12-8-10-14(11-9-12)19(15,16)17-18(2)13-6-4-3-5-7-13/h3-11H,1-2H3. The number of hydrogen-bond donors (Lipinski definition) is 0. The van der Waals surface area contributed by atoms with Crippen molar-refractivity contribution in [2.45, 2.75) is 11.8 Å². The quantitative estimate of drug-likeness (QED) is 0.814. The first-order valence-electron chi connectivity index (χ1n) is 5.79. The van der Waals surface area contributed by atoms with Crippen LogP contribution in [0.15, 0.2) is 59.5 Å². The molecule has 0 saturated carbocycles. The van der Waals surface area contributed by atoms with E-state index in [2.05, 4.69) is 0 Å². The van der Waals surface area contributed by atoms with Crippen LogP contribution in [0.3, 0.4) is 0 Å². The van der Waals surface area contributed by atoms with Gasteiger partial charge >= 0.3 is 0 Å². The van der Waals surface area contributed by atoms with Gasteiger partial charge in [0.2, 0.25) is 0 Å². The van der Waals surface area contributed by atoms with E-state index >= 15 is 0 Å². The Kier molecular flexibility index (Phi) is 4.35. The second-order valence-corrected chi connectivity index (χ2v) is 7.66. The smallest absolute Gasteiger partial charge is 0.239 e. The second-order valence-electron chi connectivity index (χ2n) is 4.17. The third-order valence-electron chi connectivity index (χ3n) is 2.64. The van der Waals surface area contributed by atoms with E-state index < -0.39 is 18.3 Å². The average molecular weight is 294 g/mol. The van der Waals surface area contributed by atoms with Crippen LogP contribution in [0.2, 0.25) is 0 Å². The first-order valence-corrected chi connectivity index (χ1v) is 8.90. The van der Waals surface area contributed by atoms with Crippen LogP contribution >= 0.6 is 8.15 Å². The summed E-state index contributed by atoms with van der Waals surface area (Å²) >= 11 is 0. The Labute approximate surface area is 115 Å². The minimum Gasteiger partial charge on any atom is -0.239 e. The Morgan fingerprint density at radius 1 is 0.947 bits per heavy atom. The van der Waals surface area contributed by atoms with Crippen molar-refractivity contribution in [1.29, 1.82) is 0 Å². The van der Waals surface area contributed by atoms with E-state index in [1.165, 1.54) is 0 Å². The molecule has 0 spiro atoms. The molecule has 0 radical (unpaired) electrons. The van der Waals surface area contributed by atoms with Gasteiger partial charge in [-0.15, -0.1) is 0 Å². The highest BCUT2D eigenvalue weighted by Gasteiger charge is 2.19. The lowest BCUT2D eigenvalue weighted by Gasteiger charge is -2.13. The van der Waals surface area contributed by atoms with Gasteiger partial charge in [-0.05, 0) is 25.7 Å². The van der Waals surface area contributed by atoms with Crippen molar-refractivity contribution in [2.75, 3.05) is 6.66 Å². The summed E-state index contributed by atoms with van der Waals surface area (Å²) in [5.74, 6) is 0. The van der Waals surface area contributed by atoms with E-state index in [0.29, 0.717) is 0 Å². The molecular formula is C14H15O3PS. The van der Waals surface area contributed by atoms with Gasteiger partial charge in [0, 0.05) is 5.30 Å². The number of hydrogen-bond acceptors (Lipinski definition) is 3. The summed E-state index contributed by atoms with van der Waals surface area (Å²) in [6.07, 6.45) is 0. The van der Waals surface area contributed by atoms with Gasteiger partial charge < -0.3 is 0 Å². The normalized spacial score (nSPS) is 13.2. The summed E-state index contributed by atoms with van der Waals surface area (Å²) in [6.45, 7) is 3.70. The van der Waals surface area contributed by atoms with E-state index in [-0.39, 0.29) is 4.90 Å². The molecule has 2 aromatic carbocycles. The van der Waals surface area contributed by atoms with E-state index in [1.807, 2.05) is 37.3 Å². The molecule has 3 nitrogen and oxygen atoms in total. The Morgan fingerprint density at radius 2 is 1.53 bits per heavy atom. The van der Waals surface area contributed by atoms with Crippen LogP contribution in [0.4, 0.5) is 0 Å². The third kappa shape index (κ3) is 3.63. The summed E-state index contributed by atoms with van der Waals surface area (Å²) < 4.78 is 29.5. The first kappa shape index (κ1) is 14.2. The van der Waals surface area contributed by atoms with Crippen molar-refractivity contribution in [3.63, 3.8) is 0 Å². The maximum Gasteiger partial charge on any atom is 0.300 e. The zero-order valence-corrected chi connectivity index (χ0v) is 12.5. The zero-order valence-electron chi connectivity index (χ0n) is 10.8. The molecule has 0 bridgehead atoms. The predicted molar refractivity (Wildman–Crippen MR) is 78.4 cm³/mol. The molecule has 1 atom stereocenters. The van der Waals surface area contributed by atoms with Gasteiger partial charge in [0.1, 0.15) is 0 Å². The van der Waals surface area contributed by atoms with Crippen LogP contribution < -0.4 is 5.30 Å². The summed E-state index contributed by atoms with van der Waals surface area (Å²) in [6, 6.07) is 16.0. The zero-order chi connectivity index (χ0) is 13.9. The van der Waals surface area contributed by atoms with Gasteiger partial charge in [-0.25, -0.2) is 3.97 Å². The summed E-state index contributed by atoms with van der Waals surface area (Å²) in [7, 11) is -4.88. The topological polar surface area (TPSA) is 43.4 Å². The molecule has 1 unspecified atom stereocenters. The molecule has 0 aromatic heterocycles. The van der Waals surface area contributed by atoms with Crippen LogP contribution in [-0.4, -0.2) is 15.1 Å². The minimum absolute atomic E-state index is 0.198. The van der Waals surface area contributed by atoms with Crippen molar-refractivity contribution in [3.05, 3.63) is 60.2 Å².